The Morgan fingerprint density at radius 2 is 2.00 bits per heavy atom. The predicted molar refractivity (Wildman–Crippen MR) is 83.5 cm³/mol. The number of carbonyl (C=O) groups is 1. The molecular weight excluding hydrogens is 359 g/mol. The largest absolute Gasteiger partial charge is 0.467 e. The number of hydrogen-bond acceptors (Lipinski definition) is 3. The maximum absolute atomic E-state index is 13.0. The molecule has 0 aliphatic heterocycles. The third-order valence-corrected chi connectivity index (χ3v) is 3.64. The summed E-state index contributed by atoms with van der Waals surface area (Å²) in [6.07, 6.45) is -3.26. The molecule has 0 atom stereocenters. The van der Waals surface area contributed by atoms with Crippen molar-refractivity contribution in [3.8, 4) is 5.69 Å². The summed E-state index contributed by atoms with van der Waals surface area (Å²) in [7, 11) is 0. The molecule has 0 radical (unpaired) electrons. The number of alkyl halides is 3. The second-order valence-electron chi connectivity index (χ2n) is 5.04. The van der Waals surface area contributed by atoms with Crippen LogP contribution in [0.3, 0.4) is 0 Å². The second-order valence-corrected chi connectivity index (χ2v) is 5.45. The van der Waals surface area contributed by atoms with Gasteiger partial charge in [-0.15, -0.1) is 0 Å². The van der Waals surface area contributed by atoms with Crippen molar-refractivity contribution in [2.75, 3.05) is 0 Å². The smallest absolute Gasteiger partial charge is 0.435 e. The summed E-state index contributed by atoms with van der Waals surface area (Å²) in [4.78, 5) is 12.4. The van der Waals surface area contributed by atoms with E-state index in [1.807, 2.05) is 0 Å². The Balaban J connectivity index is 1.97. The topological polar surface area (TPSA) is 60.1 Å². The van der Waals surface area contributed by atoms with Gasteiger partial charge in [0.15, 0.2) is 5.69 Å². The van der Waals surface area contributed by atoms with Crippen molar-refractivity contribution in [1.29, 1.82) is 0 Å². The lowest BCUT2D eigenvalue weighted by molar-refractivity contribution is -0.141. The highest BCUT2D eigenvalue weighted by atomic mass is 35.5. The van der Waals surface area contributed by atoms with Gasteiger partial charge in [-0.25, -0.2) is 4.68 Å². The molecule has 9 heteroatoms. The molecule has 0 saturated carbocycles. The van der Waals surface area contributed by atoms with Crippen molar-refractivity contribution in [2.24, 2.45) is 0 Å². The summed E-state index contributed by atoms with van der Waals surface area (Å²) in [6, 6.07) is 10.1. The number of carbonyl (C=O) groups excluding carboxylic acids is 1. The highest BCUT2D eigenvalue weighted by molar-refractivity contribution is 6.32. The third-order valence-electron chi connectivity index (χ3n) is 3.32. The van der Waals surface area contributed by atoms with Crippen molar-refractivity contribution in [3.63, 3.8) is 0 Å². The fourth-order valence-corrected chi connectivity index (χ4v) is 2.38. The number of hydrogen-bond donors (Lipinski definition) is 1. The Morgan fingerprint density at radius 1 is 1.24 bits per heavy atom. The van der Waals surface area contributed by atoms with E-state index in [2.05, 4.69) is 10.4 Å². The molecule has 3 rings (SSSR count). The van der Waals surface area contributed by atoms with Crippen LogP contribution in [0.25, 0.3) is 5.69 Å². The van der Waals surface area contributed by atoms with E-state index in [1.165, 1.54) is 18.4 Å². The monoisotopic (exact) mass is 369 g/mol. The molecule has 2 aromatic heterocycles. The van der Waals surface area contributed by atoms with Crippen LogP contribution >= 0.6 is 11.6 Å². The van der Waals surface area contributed by atoms with Crippen molar-refractivity contribution in [3.05, 3.63) is 70.9 Å². The number of benzene rings is 1. The standard InChI is InChI=1S/C16H11ClF3N3O2/c17-11-5-1-2-6-12(11)23-13(8-14(22-23)16(18,19)20)15(24)21-9-10-4-3-7-25-10/h1-8H,9H2,(H,21,24). The molecule has 0 spiro atoms. The first kappa shape index (κ1) is 17.1. The number of halogens is 4. The van der Waals surface area contributed by atoms with E-state index in [9.17, 15) is 18.0 Å². The first-order valence-corrected chi connectivity index (χ1v) is 7.47. The quantitative estimate of drug-likeness (QED) is 0.754. The molecule has 0 aliphatic carbocycles. The first-order chi connectivity index (χ1) is 11.9. The van der Waals surface area contributed by atoms with Crippen LogP contribution in [0.1, 0.15) is 21.9 Å². The Morgan fingerprint density at radius 3 is 2.64 bits per heavy atom. The van der Waals surface area contributed by atoms with Gasteiger partial charge in [-0.2, -0.15) is 18.3 Å². The van der Waals surface area contributed by atoms with Crippen molar-refractivity contribution >= 4 is 17.5 Å². The molecule has 1 amide bonds. The number of aromatic nitrogens is 2. The van der Waals surface area contributed by atoms with Gasteiger partial charge < -0.3 is 9.73 Å². The minimum absolute atomic E-state index is 0.0287. The molecule has 0 fully saturated rings. The van der Waals surface area contributed by atoms with Gasteiger partial charge in [0.05, 0.1) is 23.5 Å². The molecule has 2 heterocycles. The number of amides is 1. The van der Waals surface area contributed by atoms with Crippen LogP contribution in [0.15, 0.2) is 53.1 Å². The van der Waals surface area contributed by atoms with Gasteiger partial charge in [-0.05, 0) is 24.3 Å². The van der Waals surface area contributed by atoms with E-state index >= 15 is 0 Å². The molecule has 1 N–H and O–H groups in total. The van der Waals surface area contributed by atoms with Gasteiger partial charge in [0.2, 0.25) is 0 Å². The number of para-hydroxylation sites is 1. The molecule has 1 aromatic carbocycles. The van der Waals surface area contributed by atoms with Gasteiger partial charge in [-0.3, -0.25) is 4.79 Å². The number of nitrogens with one attached hydrogen (secondary N) is 1. The lowest BCUT2D eigenvalue weighted by Gasteiger charge is -2.09. The third kappa shape index (κ3) is 3.69. The molecule has 3 aromatic rings. The fourth-order valence-electron chi connectivity index (χ4n) is 2.16. The SMILES string of the molecule is O=C(NCc1ccco1)c1cc(C(F)(F)F)nn1-c1ccccc1Cl. The van der Waals surface area contributed by atoms with E-state index in [4.69, 9.17) is 16.0 Å². The number of rotatable bonds is 4. The molecule has 0 unspecified atom stereocenters. The van der Waals surface area contributed by atoms with E-state index < -0.39 is 17.8 Å². The normalized spacial score (nSPS) is 11.5. The highest BCUT2D eigenvalue weighted by Crippen LogP contribution is 2.30. The van der Waals surface area contributed by atoms with Gasteiger partial charge in [-0.1, -0.05) is 23.7 Å². The van der Waals surface area contributed by atoms with E-state index in [0.29, 0.717) is 11.8 Å². The molecule has 0 aliphatic rings. The zero-order valence-corrected chi connectivity index (χ0v) is 13.3. The van der Waals surface area contributed by atoms with Crippen molar-refractivity contribution in [2.45, 2.75) is 12.7 Å². The van der Waals surface area contributed by atoms with Gasteiger partial charge >= 0.3 is 6.18 Å². The molecule has 5 nitrogen and oxygen atoms in total. The summed E-state index contributed by atoms with van der Waals surface area (Å²) in [5.41, 5.74) is -1.30. The average Bonchev–Trinajstić information content (AvgIpc) is 3.22. The molecule has 0 saturated heterocycles. The van der Waals surface area contributed by atoms with Crippen molar-refractivity contribution in [1.82, 2.24) is 15.1 Å². The zero-order valence-electron chi connectivity index (χ0n) is 12.5. The maximum atomic E-state index is 13.0. The lowest BCUT2D eigenvalue weighted by atomic mass is 10.3. The van der Waals surface area contributed by atoms with Gasteiger partial charge in [0.1, 0.15) is 11.5 Å². The lowest BCUT2D eigenvalue weighted by Crippen LogP contribution is -2.25. The van der Waals surface area contributed by atoms with Crippen LogP contribution in [0.4, 0.5) is 13.2 Å². The average molecular weight is 370 g/mol. The minimum Gasteiger partial charge on any atom is -0.467 e. The Bertz CT molecular complexity index is 888. The Labute approximate surface area is 145 Å². The minimum atomic E-state index is -4.69. The van der Waals surface area contributed by atoms with E-state index in [-0.39, 0.29) is 22.9 Å². The summed E-state index contributed by atoms with van der Waals surface area (Å²) >= 11 is 6.03. The highest BCUT2D eigenvalue weighted by Gasteiger charge is 2.36. The van der Waals surface area contributed by atoms with Gasteiger partial charge in [0, 0.05) is 6.07 Å². The second kappa shape index (κ2) is 6.64. The number of furan rings is 1. The Kier molecular flexibility index (Phi) is 4.54. The van der Waals surface area contributed by atoms with E-state index in [1.54, 1.807) is 24.3 Å². The maximum Gasteiger partial charge on any atom is 0.435 e. The molecular formula is C16H11ClF3N3O2. The molecule has 25 heavy (non-hydrogen) atoms. The fraction of sp³-hybridized carbons (Fsp3) is 0.125. The van der Waals surface area contributed by atoms with Crippen LogP contribution in [-0.4, -0.2) is 15.7 Å². The van der Waals surface area contributed by atoms with Crippen molar-refractivity contribution < 1.29 is 22.4 Å². The van der Waals surface area contributed by atoms with Crippen LogP contribution < -0.4 is 5.32 Å². The van der Waals surface area contributed by atoms with Crippen LogP contribution in [0.5, 0.6) is 0 Å². The van der Waals surface area contributed by atoms with E-state index in [0.717, 1.165) is 4.68 Å². The molecule has 0 bridgehead atoms. The zero-order chi connectivity index (χ0) is 18.0. The van der Waals surface area contributed by atoms with Crippen LogP contribution in [0.2, 0.25) is 5.02 Å². The molecule has 130 valence electrons. The predicted octanol–water partition coefficient (Wildman–Crippen LogP) is 4.07. The number of nitrogens with zero attached hydrogens (tertiary/aromatic N) is 2. The van der Waals surface area contributed by atoms with Crippen LogP contribution in [-0.2, 0) is 12.7 Å². The first-order valence-electron chi connectivity index (χ1n) is 7.09. The Hall–Kier alpha value is -2.74. The van der Waals surface area contributed by atoms with Crippen LogP contribution in [0, 0.1) is 0 Å². The van der Waals surface area contributed by atoms with Gasteiger partial charge in [0.25, 0.3) is 5.91 Å². The summed E-state index contributed by atoms with van der Waals surface area (Å²) < 4.78 is 45.0. The summed E-state index contributed by atoms with van der Waals surface area (Å²) in [5, 5.41) is 6.16. The summed E-state index contributed by atoms with van der Waals surface area (Å²) in [6.45, 7) is 0.0287. The summed E-state index contributed by atoms with van der Waals surface area (Å²) in [5.74, 6) is -0.271.